The van der Waals surface area contributed by atoms with Gasteiger partial charge in [-0.05, 0) is 33.6 Å². The van der Waals surface area contributed by atoms with E-state index in [4.69, 9.17) is 28.4 Å². The summed E-state index contributed by atoms with van der Waals surface area (Å²) in [5, 5.41) is 0. The lowest BCUT2D eigenvalue weighted by atomic mass is 9.88. The van der Waals surface area contributed by atoms with Crippen molar-refractivity contribution in [3.63, 3.8) is 0 Å². The molecule has 0 aromatic rings. The van der Waals surface area contributed by atoms with Gasteiger partial charge >= 0.3 is 35.8 Å². The maximum Gasteiger partial charge on any atom is 0.333 e. The molecular weight excluding hydrogens is 588 g/mol. The van der Waals surface area contributed by atoms with Crippen molar-refractivity contribution in [2.45, 2.75) is 47.5 Å². The van der Waals surface area contributed by atoms with Crippen LogP contribution in [0.15, 0.2) is 74.4 Å². The third-order valence-electron chi connectivity index (χ3n) is 6.14. The zero-order valence-corrected chi connectivity index (χ0v) is 27.0. The van der Waals surface area contributed by atoms with Gasteiger partial charge in [0.25, 0.3) is 0 Å². The SMILES string of the molecule is C=C(C)C(=O)OCC(CC)(COC(=O)C(=C)C)COC(=O)C(=C)C.C=CC(=O)OCC(CC)(COC(=O)C=C)COC(=O)C=C. The summed E-state index contributed by atoms with van der Waals surface area (Å²) in [5.41, 5.74) is -0.953. The Labute approximate surface area is 265 Å². The molecule has 0 aliphatic carbocycles. The molecule has 0 aliphatic heterocycles. The number of carbonyl (C=O) groups is 6. The maximum absolute atomic E-state index is 11.6. The Morgan fingerprint density at radius 2 is 0.667 bits per heavy atom. The summed E-state index contributed by atoms with van der Waals surface area (Å²) >= 11 is 0. The van der Waals surface area contributed by atoms with Gasteiger partial charge in [-0.15, -0.1) is 0 Å². The van der Waals surface area contributed by atoms with Gasteiger partial charge in [0, 0.05) is 34.9 Å². The fraction of sp³-hybridized carbons (Fsp3) is 0.455. The first-order chi connectivity index (χ1) is 21.0. The molecule has 0 aromatic carbocycles. The molecule has 0 saturated carbocycles. The number of carbonyl (C=O) groups excluding carboxylic acids is 6. The van der Waals surface area contributed by atoms with E-state index in [1.54, 1.807) is 6.92 Å². The van der Waals surface area contributed by atoms with Crippen molar-refractivity contribution in [2.24, 2.45) is 10.8 Å². The summed E-state index contributed by atoms with van der Waals surface area (Å²) < 4.78 is 30.5. The molecular formula is C33H46O12. The highest BCUT2D eigenvalue weighted by molar-refractivity contribution is 5.88. The summed E-state index contributed by atoms with van der Waals surface area (Å²) in [7, 11) is 0. The Kier molecular flexibility index (Phi) is 20.6. The normalized spacial score (nSPS) is 10.3. The van der Waals surface area contributed by atoms with E-state index >= 15 is 0 Å². The van der Waals surface area contributed by atoms with Crippen LogP contribution in [0.5, 0.6) is 0 Å². The Morgan fingerprint density at radius 3 is 0.822 bits per heavy atom. The molecule has 0 heterocycles. The van der Waals surface area contributed by atoms with Crippen LogP contribution in [0, 0.1) is 10.8 Å². The Bertz CT molecular complexity index is 1010. The third kappa shape index (κ3) is 17.8. The van der Waals surface area contributed by atoms with Crippen molar-refractivity contribution < 1.29 is 57.2 Å². The molecule has 45 heavy (non-hydrogen) atoms. The first kappa shape index (κ1) is 42.4. The van der Waals surface area contributed by atoms with Gasteiger partial charge in [0.1, 0.15) is 39.6 Å². The average molecular weight is 635 g/mol. The number of hydrogen-bond donors (Lipinski definition) is 0. The van der Waals surface area contributed by atoms with Crippen LogP contribution in [0.2, 0.25) is 0 Å². The number of rotatable bonds is 20. The van der Waals surface area contributed by atoms with E-state index in [9.17, 15) is 28.8 Å². The predicted octanol–water partition coefficient (Wildman–Crippen LogP) is 4.31. The molecule has 0 saturated heterocycles. The molecule has 0 bridgehead atoms. The maximum atomic E-state index is 11.6. The number of esters is 6. The van der Waals surface area contributed by atoms with Gasteiger partial charge in [-0.2, -0.15) is 0 Å². The smallest absolute Gasteiger partial charge is 0.333 e. The second-order valence-electron chi connectivity index (χ2n) is 10.2. The highest BCUT2D eigenvalue weighted by Crippen LogP contribution is 2.26. The van der Waals surface area contributed by atoms with Crippen molar-refractivity contribution in [3.05, 3.63) is 74.4 Å². The minimum Gasteiger partial charge on any atom is -0.462 e. The zero-order chi connectivity index (χ0) is 35.2. The molecule has 250 valence electrons. The number of ether oxygens (including phenoxy) is 6. The second kappa shape index (κ2) is 21.9. The fourth-order valence-corrected chi connectivity index (χ4v) is 2.74. The summed E-state index contributed by atoms with van der Waals surface area (Å²) in [6.45, 7) is 28.1. The predicted molar refractivity (Wildman–Crippen MR) is 166 cm³/mol. The summed E-state index contributed by atoms with van der Waals surface area (Å²) in [6.07, 6.45) is 3.96. The molecule has 12 heteroatoms. The van der Waals surface area contributed by atoms with Crippen LogP contribution in [0.3, 0.4) is 0 Å². The minimum absolute atomic E-state index is 0.0802. The third-order valence-corrected chi connectivity index (χ3v) is 6.14. The van der Waals surface area contributed by atoms with E-state index in [0.717, 1.165) is 18.2 Å². The van der Waals surface area contributed by atoms with E-state index < -0.39 is 46.6 Å². The average Bonchev–Trinajstić information content (AvgIpc) is 3.03. The highest BCUT2D eigenvalue weighted by Gasteiger charge is 2.35. The molecule has 0 N–H and O–H groups in total. The van der Waals surface area contributed by atoms with E-state index in [1.165, 1.54) is 20.8 Å². The zero-order valence-electron chi connectivity index (χ0n) is 27.0. The standard InChI is InChI=1S/C18H26O6.C15H20O6/c1-8-18(9-22-15(19)12(2)3,10-23-16(20)13(4)5)11-24-17(21)14(6)7;1-5-12(16)19-9-15(8-4,10-20-13(17)6-2)11-21-14(18)7-3/h2,4,6,8-11H2,1,3,5,7H3;5-7H,1-3,8-11H2,4H3. The van der Waals surface area contributed by atoms with Crippen molar-refractivity contribution in [3.8, 4) is 0 Å². The van der Waals surface area contributed by atoms with Gasteiger partial charge in [0.05, 0.1) is 10.8 Å². The van der Waals surface area contributed by atoms with Crippen LogP contribution in [-0.4, -0.2) is 75.5 Å². The lowest BCUT2D eigenvalue weighted by Gasteiger charge is -2.31. The summed E-state index contributed by atoms with van der Waals surface area (Å²) in [6, 6.07) is 0. The number of hydrogen-bond acceptors (Lipinski definition) is 12. The van der Waals surface area contributed by atoms with Gasteiger partial charge in [0.15, 0.2) is 0 Å². The van der Waals surface area contributed by atoms with Crippen molar-refractivity contribution in [1.29, 1.82) is 0 Å². The van der Waals surface area contributed by atoms with Gasteiger partial charge < -0.3 is 28.4 Å². The lowest BCUT2D eigenvalue weighted by molar-refractivity contribution is -0.159. The molecule has 0 aliphatic rings. The van der Waals surface area contributed by atoms with E-state index in [2.05, 4.69) is 39.5 Å². The molecule has 0 atom stereocenters. The first-order valence-corrected chi connectivity index (χ1v) is 13.8. The largest absolute Gasteiger partial charge is 0.462 e. The van der Waals surface area contributed by atoms with Crippen molar-refractivity contribution in [1.82, 2.24) is 0 Å². The molecule has 0 unspecified atom stereocenters. The molecule has 0 radical (unpaired) electrons. The first-order valence-electron chi connectivity index (χ1n) is 13.8. The Balaban J connectivity index is 0. The molecule has 0 spiro atoms. The molecule has 0 rings (SSSR count). The van der Waals surface area contributed by atoms with Gasteiger partial charge in [-0.25, -0.2) is 28.8 Å². The van der Waals surface area contributed by atoms with Crippen molar-refractivity contribution in [2.75, 3.05) is 39.6 Å². The summed E-state index contributed by atoms with van der Waals surface area (Å²) in [5.74, 6) is -3.53. The van der Waals surface area contributed by atoms with Gasteiger partial charge in [-0.3, -0.25) is 0 Å². The van der Waals surface area contributed by atoms with Gasteiger partial charge in [0.2, 0.25) is 0 Å². The topological polar surface area (TPSA) is 158 Å². The molecule has 0 amide bonds. The molecule has 0 aromatic heterocycles. The highest BCUT2D eigenvalue weighted by atomic mass is 16.6. The van der Waals surface area contributed by atoms with Crippen LogP contribution >= 0.6 is 0 Å². The second-order valence-corrected chi connectivity index (χ2v) is 10.2. The van der Waals surface area contributed by atoms with Crippen LogP contribution in [0.1, 0.15) is 47.5 Å². The van der Waals surface area contributed by atoms with Crippen LogP contribution < -0.4 is 0 Å². The van der Waals surface area contributed by atoms with E-state index in [-0.39, 0.29) is 56.4 Å². The lowest BCUT2D eigenvalue weighted by Crippen LogP contribution is -2.39. The fourth-order valence-electron chi connectivity index (χ4n) is 2.74. The van der Waals surface area contributed by atoms with Crippen LogP contribution in [-0.2, 0) is 57.2 Å². The summed E-state index contributed by atoms with van der Waals surface area (Å²) in [4.78, 5) is 68.4. The van der Waals surface area contributed by atoms with E-state index in [0.29, 0.717) is 12.8 Å². The quantitative estimate of drug-likeness (QED) is 0.106. The van der Waals surface area contributed by atoms with E-state index in [1.807, 2.05) is 6.92 Å². The Hall–Kier alpha value is -4.74. The van der Waals surface area contributed by atoms with Crippen molar-refractivity contribution >= 4 is 35.8 Å². The molecule has 12 nitrogen and oxygen atoms in total. The monoisotopic (exact) mass is 634 g/mol. The van der Waals surface area contributed by atoms with Crippen LogP contribution in [0.25, 0.3) is 0 Å². The van der Waals surface area contributed by atoms with Crippen LogP contribution in [0.4, 0.5) is 0 Å². The van der Waals surface area contributed by atoms with Gasteiger partial charge in [-0.1, -0.05) is 53.3 Å². The Morgan fingerprint density at radius 1 is 0.467 bits per heavy atom. The molecule has 0 fully saturated rings. The minimum atomic E-state index is -0.860.